The van der Waals surface area contributed by atoms with E-state index in [-0.39, 0.29) is 6.10 Å². The molecule has 0 amide bonds. The van der Waals surface area contributed by atoms with Gasteiger partial charge in [-0.15, -0.1) is 0 Å². The number of hydrogen-bond acceptors (Lipinski definition) is 7. The molecule has 2 bridgehead atoms. The van der Waals surface area contributed by atoms with Gasteiger partial charge in [-0.25, -0.2) is 9.97 Å². The van der Waals surface area contributed by atoms with Crippen LogP contribution in [0.2, 0.25) is 0 Å². The quantitative estimate of drug-likeness (QED) is 0.598. The Hall–Kier alpha value is -2.38. The minimum Gasteiger partial charge on any atom is -0.491 e. The van der Waals surface area contributed by atoms with Gasteiger partial charge in [0.25, 0.3) is 0 Å². The van der Waals surface area contributed by atoms with E-state index in [0.717, 1.165) is 54.4 Å². The van der Waals surface area contributed by atoms with Crippen molar-refractivity contribution in [2.24, 2.45) is 5.84 Å². The topological polar surface area (TPSA) is 85.5 Å². The summed E-state index contributed by atoms with van der Waals surface area (Å²) in [5.74, 6) is 7.50. The van der Waals surface area contributed by atoms with Gasteiger partial charge in [-0.1, -0.05) is 0 Å². The fourth-order valence-corrected chi connectivity index (χ4v) is 3.85. The zero-order valence-corrected chi connectivity index (χ0v) is 15.9. The minimum atomic E-state index is 0.122. The SMILES string of the molecule is CC(C)Oc1ccc(NN)c(Cc2cc(N3CC4CCC(C3)O4)ncn2)c1. The van der Waals surface area contributed by atoms with E-state index in [1.54, 1.807) is 6.33 Å². The number of hydrogen-bond donors (Lipinski definition) is 2. The summed E-state index contributed by atoms with van der Waals surface area (Å²) < 4.78 is 11.7. The monoisotopic (exact) mass is 369 g/mol. The Balaban J connectivity index is 1.54. The molecular formula is C20H27N5O2. The molecule has 1 aromatic heterocycles. The maximum atomic E-state index is 5.93. The van der Waals surface area contributed by atoms with Crippen LogP contribution in [0.15, 0.2) is 30.6 Å². The van der Waals surface area contributed by atoms with Crippen LogP contribution in [-0.4, -0.2) is 41.4 Å². The van der Waals surface area contributed by atoms with Gasteiger partial charge in [0.2, 0.25) is 0 Å². The van der Waals surface area contributed by atoms with Crippen molar-refractivity contribution in [2.45, 2.75) is 51.4 Å². The van der Waals surface area contributed by atoms with Gasteiger partial charge in [-0.2, -0.15) is 0 Å². The number of morpholine rings is 1. The minimum absolute atomic E-state index is 0.122. The van der Waals surface area contributed by atoms with E-state index >= 15 is 0 Å². The van der Waals surface area contributed by atoms with E-state index in [4.69, 9.17) is 15.3 Å². The zero-order chi connectivity index (χ0) is 18.8. The van der Waals surface area contributed by atoms with Gasteiger partial charge >= 0.3 is 0 Å². The third-order valence-electron chi connectivity index (χ3n) is 5.05. The first kappa shape index (κ1) is 18.0. The number of nitrogens with one attached hydrogen (secondary N) is 1. The van der Waals surface area contributed by atoms with Crippen molar-refractivity contribution in [1.82, 2.24) is 9.97 Å². The van der Waals surface area contributed by atoms with Gasteiger partial charge in [0.15, 0.2) is 0 Å². The molecule has 2 fully saturated rings. The van der Waals surface area contributed by atoms with Crippen molar-refractivity contribution in [1.29, 1.82) is 0 Å². The van der Waals surface area contributed by atoms with Crippen molar-refractivity contribution in [3.63, 3.8) is 0 Å². The van der Waals surface area contributed by atoms with E-state index in [1.807, 2.05) is 32.0 Å². The third kappa shape index (κ3) is 4.14. The number of aromatic nitrogens is 2. The summed E-state index contributed by atoms with van der Waals surface area (Å²) in [6.45, 7) is 5.84. The Labute approximate surface area is 159 Å². The second kappa shape index (κ2) is 7.70. The van der Waals surface area contributed by atoms with Gasteiger partial charge in [-0.3, -0.25) is 5.84 Å². The number of ether oxygens (including phenoxy) is 2. The number of nitrogens with zero attached hydrogens (tertiary/aromatic N) is 3. The molecule has 0 spiro atoms. The van der Waals surface area contributed by atoms with Crippen LogP contribution in [0.25, 0.3) is 0 Å². The first-order chi connectivity index (χ1) is 13.1. The highest BCUT2D eigenvalue weighted by molar-refractivity contribution is 5.55. The Morgan fingerprint density at radius 2 is 2.00 bits per heavy atom. The molecule has 3 heterocycles. The lowest BCUT2D eigenvalue weighted by molar-refractivity contribution is 0.0302. The molecule has 2 aromatic rings. The second-order valence-electron chi connectivity index (χ2n) is 7.54. The lowest BCUT2D eigenvalue weighted by Gasteiger charge is -2.33. The molecule has 2 aliphatic rings. The van der Waals surface area contributed by atoms with Crippen molar-refractivity contribution in [3.05, 3.63) is 41.9 Å². The van der Waals surface area contributed by atoms with Crippen molar-refractivity contribution in [3.8, 4) is 5.75 Å². The van der Waals surface area contributed by atoms with Crippen molar-refractivity contribution in [2.75, 3.05) is 23.4 Å². The molecule has 0 aliphatic carbocycles. The first-order valence-electron chi connectivity index (χ1n) is 9.58. The number of anilines is 2. The summed E-state index contributed by atoms with van der Waals surface area (Å²) in [7, 11) is 0. The first-order valence-corrected chi connectivity index (χ1v) is 9.58. The highest BCUT2D eigenvalue weighted by Gasteiger charge is 2.34. The largest absolute Gasteiger partial charge is 0.491 e. The highest BCUT2D eigenvalue weighted by Crippen LogP contribution is 2.29. The average Bonchev–Trinajstić information content (AvgIpc) is 2.99. The molecule has 2 saturated heterocycles. The summed E-state index contributed by atoms with van der Waals surface area (Å²) in [5.41, 5.74) is 5.64. The van der Waals surface area contributed by atoms with Crippen molar-refractivity contribution < 1.29 is 9.47 Å². The fourth-order valence-electron chi connectivity index (χ4n) is 3.85. The molecule has 2 atom stereocenters. The van der Waals surface area contributed by atoms with Crippen molar-refractivity contribution >= 4 is 11.5 Å². The predicted molar refractivity (Wildman–Crippen MR) is 105 cm³/mol. The van der Waals surface area contributed by atoms with Gasteiger partial charge in [0.1, 0.15) is 17.9 Å². The molecule has 0 saturated carbocycles. The number of benzene rings is 1. The van der Waals surface area contributed by atoms with Crippen LogP contribution in [0.5, 0.6) is 5.75 Å². The van der Waals surface area contributed by atoms with Gasteiger partial charge in [0, 0.05) is 25.6 Å². The predicted octanol–water partition coefficient (Wildman–Crippen LogP) is 2.51. The summed E-state index contributed by atoms with van der Waals surface area (Å²) >= 11 is 0. The molecule has 1 aromatic carbocycles. The second-order valence-corrected chi connectivity index (χ2v) is 7.54. The van der Waals surface area contributed by atoms with E-state index < -0.39 is 0 Å². The molecule has 27 heavy (non-hydrogen) atoms. The van der Waals surface area contributed by atoms with Crippen LogP contribution in [-0.2, 0) is 11.2 Å². The van der Waals surface area contributed by atoms with Crippen LogP contribution < -0.4 is 20.9 Å². The summed E-state index contributed by atoms with van der Waals surface area (Å²) in [6, 6.07) is 7.95. The molecular weight excluding hydrogens is 342 g/mol. The van der Waals surface area contributed by atoms with E-state index in [1.165, 1.54) is 0 Å². The molecule has 3 N–H and O–H groups in total. The number of fused-ring (bicyclic) bond motifs is 2. The van der Waals surface area contributed by atoms with E-state index in [2.05, 4.69) is 26.4 Å². The van der Waals surface area contributed by atoms with Gasteiger partial charge in [0.05, 0.1) is 29.7 Å². The maximum absolute atomic E-state index is 5.93. The van der Waals surface area contributed by atoms with Gasteiger partial charge in [-0.05, 0) is 50.5 Å². The Morgan fingerprint density at radius 1 is 1.22 bits per heavy atom. The van der Waals surface area contributed by atoms with E-state index in [9.17, 15) is 0 Å². The number of nitrogens with two attached hydrogens (primary N) is 1. The lowest BCUT2D eigenvalue weighted by Crippen LogP contribution is -2.43. The molecule has 144 valence electrons. The third-order valence-corrected chi connectivity index (χ3v) is 5.05. The van der Waals surface area contributed by atoms with Crippen LogP contribution in [0, 0.1) is 0 Å². The maximum Gasteiger partial charge on any atom is 0.132 e. The summed E-state index contributed by atoms with van der Waals surface area (Å²) in [5, 5.41) is 0. The molecule has 7 nitrogen and oxygen atoms in total. The molecule has 7 heteroatoms. The highest BCUT2D eigenvalue weighted by atomic mass is 16.5. The van der Waals surface area contributed by atoms with E-state index in [0.29, 0.717) is 18.6 Å². The number of nitrogen functional groups attached to an aromatic ring is 1. The van der Waals surface area contributed by atoms with Crippen LogP contribution in [0.1, 0.15) is 37.9 Å². The normalized spacial score (nSPS) is 21.6. The number of rotatable bonds is 6. The average molecular weight is 369 g/mol. The van der Waals surface area contributed by atoms with Gasteiger partial charge < -0.3 is 19.8 Å². The zero-order valence-electron chi connectivity index (χ0n) is 15.9. The Bertz CT molecular complexity index is 786. The fraction of sp³-hybridized carbons (Fsp3) is 0.500. The Kier molecular flexibility index (Phi) is 5.13. The van der Waals surface area contributed by atoms with Crippen LogP contribution >= 0.6 is 0 Å². The number of hydrazine groups is 1. The lowest BCUT2D eigenvalue weighted by atomic mass is 10.1. The van der Waals surface area contributed by atoms with Crippen LogP contribution in [0.3, 0.4) is 0 Å². The molecule has 0 radical (unpaired) electrons. The Morgan fingerprint density at radius 3 is 2.70 bits per heavy atom. The summed E-state index contributed by atoms with van der Waals surface area (Å²) in [4.78, 5) is 11.3. The van der Waals surface area contributed by atoms with Crippen LogP contribution in [0.4, 0.5) is 11.5 Å². The molecule has 2 unspecified atom stereocenters. The molecule has 4 rings (SSSR count). The summed E-state index contributed by atoms with van der Waals surface area (Å²) in [6.07, 6.45) is 5.38. The molecule has 2 aliphatic heterocycles. The standard InChI is InChI=1S/C20H27N5O2/c1-13(2)26-16-5-6-19(24-21)14(8-16)7-15-9-20(23-12-22-15)25-10-17-3-4-18(11-25)27-17/h5-6,8-9,12-13,17-18,24H,3-4,7,10-11,21H2,1-2H3. The smallest absolute Gasteiger partial charge is 0.132 e.